The van der Waals surface area contributed by atoms with Gasteiger partial charge in [-0.05, 0) is 24.3 Å². The van der Waals surface area contributed by atoms with Crippen molar-refractivity contribution in [1.29, 1.82) is 0 Å². The fourth-order valence-electron chi connectivity index (χ4n) is 1.45. The van der Waals surface area contributed by atoms with Crippen LogP contribution in [0.25, 0.3) is 0 Å². The summed E-state index contributed by atoms with van der Waals surface area (Å²) in [5.41, 5.74) is 6.06. The number of pyridine rings is 1. The lowest BCUT2D eigenvalue weighted by Crippen LogP contribution is -2.06. The molecule has 0 fully saturated rings. The molecule has 2 aromatic rings. The molecule has 0 aliphatic heterocycles. The zero-order valence-corrected chi connectivity index (χ0v) is 9.22. The van der Waals surface area contributed by atoms with Crippen molar-refractivity contribution >= 4 is 23.2 Å². The predicted molar refractivity (Wildman–Crippen MR) is 65.3 cm³/mol. The molecule has 0 saturated heterocycles. The third-order valence-electron chi connectivity index (χ3n) is 2.23. The van der Waals surface area contributed by atoms with Gasteiger partial charge < -0.3 is 16.2 Å². The van der Waals surface area contributed by atoms with Gasteiger partial charge in [-0.25, -0.2) is 14.2 Å². The van der Waals surface area contributed by atoms with E-state index in [1.807, 2.05) is 0 Å². The summed E-state index contributed by atoms with van der Waals surface area (Å²) >= 11 is 0. The minimum absolute atomic E-state index is 0.0701. The quantitative estimate of drug-likeness (QED) is 0.774. The van der Waals surface area contributed by atoms with E-state index in [0.29, 0.717) is 5.69 Å². The van der Waals surface area contributed by atoms with Crippen LogP contribution >= 0.6 is 0 Å². The van der Waals surface area contributed by atoms with E-state index in [4.69, 9.17) is 10.8 Å². The third kappa shape index (κ3) is 2.54. The van der Waals surface area contributed by atoms with Crippen molar-refractivity contribution in [1.82, 2.24) is 4.98 Å². The summed E-state index contributed by atoms with van der Waals surface area (Å²) in [5, 5.41) is 11.7. The first kappa shape index (κ1) is 11.8. The predicted octanol–water partition coefficient (Wildman–Crippen LogP) is 2.24. The number of nitrogens with one attached hydrogen (secondary N) is 1. The molecule has 0 atom stereocenters. The monoisotopic (exact) mass is 247 g/mol. The lowest BCUT2D eigenvalue weighted by molar-refractivity contribution is 0.0697. The number of nitrogens with zero attached hydrogens (tertiary/aromatic N) is 1. The lowest BCUT2D eigenvalue weighted by Gasteiger charge is -2.09. The Morgan fingerprint density at radius 2 is 2.17 bits per heavy atom. The summed E-state index contributed by atoms with van der Waals surface area (Å²) in [5.74, 6) is -1.47. The van der Waals surface area contributed by atoms with Gasteiger partial charge in [0.15, 0.2) is 0 Å². The summed E-state index contributed by atoms with van der Waals surface area (Å²) in [4.78, 5) is 14.9. The number of carboxylic acids is 1. The van der Waals surface area contributed by atoms with Gasteiger partial charge in [-0.1, -0.05) is 6.07 Å². The molecular formula is C12H10FN3O2. The molecule has 1 aromatic carbocycles. The Kier molecular flexibility index (Phi) is 3.09. The average Bonchev–Trinajstić information content (AvgIpc) is 2.31. The molecule has 0 radical (unpaired) electrons. The number of rotatable bonds is 3. The van der Waals surface area contributed by atoms with Gasteiger partial charge in [0, 0.05) is 5.69 Å². The van der Waals surface area contributed by atoms with E-state index < -0.39 is 11.8 Å². The van der Waals surface area contributed by atoms with Crippen molar-refractivity contribution < 1.29 is 14.3 Å². The highest BCUT2D eigenvalue weighted by Crippen LogP contribution is 2.20. The second-order valence-electron chi connectivity index (χ2n) is 3.61. The number of carboxylic acid groups (broad SMARTS) is 1. The molecular weight excluding hydrogens is 237 g/mol. The summed E-state index contributed by atoms with van der Waals surface area (Å²) in [6.45, 7) is 0. The van der Waals surface area contributed by atoms with Crippen molar-refractivity contribution in [2.75, 3.05) is 11.1 Å². The zero-order chi connectivity index (χ0) is 13.1. The van der Waals surface area contributed by atoms with Crippen molar-refractivity contribution in [2.24, 2.45) is 0 Å². The van der Waals surface area contributed by atoms with E-state index in [1.165, 1.54) is 30.5 Å². The van der Waals surface area contributed by atoms with E-state index in [1.54, 1.807) is 6.07 Å². The largest absolute Gasteiger partial charge is 0.478 e. The number of aromatic carboxylic acids is 1. The first-order valence-corrected chi connectivity index (χ1v) is 5.07. The normalized spacial score (nSPS) is 10.1. The van der Waals surface area contributed by atoms with E-state index >= 15 is 0 Å². The van der Waals surface area contributed by atoms with Gasteiger partial charge in [-0.2, -0.15) is 0 Å². The van der Waals surface area contributed by atoms with Crippen LogP contribution in [0.3, 0.4) is 0 Å². The number of nitrogen functional groups attached to an aromatic ring is 1. The summed E-state index contributed by atoms with van der Waals surface area (Å²) < 4.78 is 13.0. The molecule has 0 spiro atoms. The number of carbonyl (C=O) groups is 1. The van der Waals surface area contributed by atoms with Crippen LogP contribution in [0.1, 0.15) is 10.4 Å². The first-order chi connectivity index (χ1) is 8.56. The third-order valence-corrected chi connectivity index (χ3v) is 2.23. The number of halogens is 1. The maximum Gasteiger partial charge on any atom is 0.339 e. The van der Waals surface area contributed by atoms with Crippen LogP contribution in [0, 0.1) is 5.82 Å². The topological polar surface area (TPSA) is 88.2 Å². The number of aromatic nitrogens is 1. The molecule has 0 aliphatic carbocycles. The van der Waals surface area contributed by atoms with E-state index in [2.05, 4.69) is 10.3 Å². The molecule has 1 aromatic heterocycles. The maximum absolute atomic E-state index is 13.0. The van der Waals surface area contributed by atoms with Gasteiger partial charge in [0.25, 0.3) is 0 Å². The highest BCUT2D eigenvalue weighted by atomic mass is 19.1. The van der Waals surface area contributed by atoms with Crippen LogP contribution in [0.4, 0.5) is 21.6 Å². The second-order valence-corrected chi connectivity index (χ2v) is 3.61. The first-order valence-electron chi connectivity index (χ1n) is 5.07. The smallest absolute Gasteiger partial charge is 0.339 e. The highest BCUT2D eigenvalue weighted by molar-refractivity contribution is 5.94. The molecule has 6 heteroatoms. The van der Waals surface area contributed by atoms with Crippen molar-refractivity contribution in [2.45, 2.75) is 0 Å². The van der Waals surface area contributed by atoms with Gasteiger partial charge in [0.05, 0.1) is 11.9 Å². The Morgan fingerprint density at radius 1 is 1.39 bits per heavy atom. The molecule has 0 aliphatic rings. The summed E-state index contributed by atoms with van der Waals surface area (Å²) in [7, 11) is 0. The van der Waals surface area contributed by atoms with Crippen LogP contribution in [-0.4, -0.2) is 16.1 Å². The maximum atomic E-state index is 13.0. The Bertz CT molecular complexity index is 602. The summed E-state index contributed by atoms with van der Waals surface area (Å²) in [6.07, 6.45) is 1.33. The minimum Gasteiger partial charge on any atom is -0.478 e. The van der Waals surface area contributed by atoms with Gasteiger partial charge in [0.1, 0.15) is 17.2 Å². The Balaban J connectivity index is 2.37. The Labute approximate surface area is 102 Å². The number of hydrogen-bond acceptors (Lipinski definition) is 4. The molecule has 0 saturated carbocycles. The average molecular weight is 247 g/mol. The van der Waals surface area contributed by atoms with Crippen LogP contribution in [0.2, 0.25) is 0 Å². The Hall–Kier alpha value is -2.63. The van der Waals surface area contributed by atoms with Crippen molar-refractivity contribution in [3.8, 4) is 0 Å². The molecule has 0 unspecified atom stereocenters. The van der Waals surface area contributed by atoms with Gasteiger partial charge >= 0.3 is 5.97 Å². The molecule has 18 heavy (non-hydrogen) atoms. The fraction of sp³-hybridized carbons (Fsp3) is 0. The number of nitrogens with two attached hydrogens (primary N) is 1. The summed E-state index contributed by atoms with van der Waals surface area (Å²) in [6, 6.07) is 6.93. The fourth-order valence-corrected chi connectivity index (χ4v) is 1.45. The molecule has 0 amide bonds. The second kappa shape index (κ2) is 4.70. The zero-order valence-electron chi connectivity index (χ0n) is 9.22. The highest BCUT2D eigenvalue weighted by Gasteiger charge is 2.12. The number of anilines is 3. The van der Waals surface area contributed by atoms with Gasteiger partial charge in [-0.3, -0.25) is 0 Å². The van der Waals surface area contributed by atoms with Crippen LogP contribution in [0.5, 0.6) is 0 Å². The Morgan fingerprint density at radius 3 is 2.83 bits per heavy atom. The van der Waals surface area contributed by atoms with Crippen LogP contribution in [-0.2, 0) is 0 Å². The van der Waals surface area contributed by atoms with E-state index in [-0.39, 0.29) is 17.1 Å². The van der Waals surface area contributed by atoms with E-state index in [0.717, 1.165) is 0 Å². The molecule has 1 heterocycles. The lowest BCUT2D eigenvalue weighted by atomic mass is 10.2. The molecule has 0 bridgehead atoms. The molecule has 5 nitrogen and oxygen atoms in total. The van der Waals surface area contributed by atoms with Crippen molar-refractivity contribution in [3.63, 3.8) is 0 Å². The van der Waals surface area contributed by atoms with Gasteiger partial charge in [-0.15, -0.1) is 0 Å². The van der Waals surface area contributed by atoms with Gasteiger partial charge in [0.2, 0.25) is 0 Å². The van der Waals surface area contributed by atoms with Crippen LogP contribution < -0.4 is 11.1 Å². The molecule has 4 N–H and O–H groups in total. The van der Waals surface area contributed by atoms with Crippen LogP contribution in [0.15, 0.2) is 36.5 Å². The van der Waals surface area contributed by atoms with Crippen molar-refractivity contribution in [3.05, 3.63) is 47.9 Å². The molecule has 92 valence electrons. The number of hydrogen-bond donors (Lipinski definition) is 3. The molecule has 2 rings (SSSR count). The standard InChI is InChI=1S/C12H10FN3O2/c13-7-2-1-3-9(4-7)16-11-10(12(17)18)5-8(14)6-15-11/h1-6H,14H2,(H,15,16)(H,17,18). The minimum atomic E-state index is -1.16. The van der Waals surface area contributed by atoms with E-state index in [9.17, 15) is 9.18 Å². The number of benzene rings is 1. The SMILES string of the molecule is Nc1cnc(Nc2cccc(F)c2)c(C(=O)O)c1.